The van der Waals surface area contributed by atoms with Crippen LogP contribution in [0.1, 0.15) is 47.1 Å². The van der Waals surface area contributed by atoms with Crippen LogP contribution in [0.25, 0.3) is 0 Å². The summed E-state index contributed by atoms with van der Waals surface area (Å²) in [6, 6.07) is 9.21. The summed E-state index contributed by atoms with van der Waals surface area (Å²) in [6.07, 6.45) is -0.267. The second-order valence-electron chi connectivity index (χ2n) is 7.65. The molecule has 0 bridgehead atoms. The number of rotatable bonds is 7. The Labute approximate surface area is 156 Å². The monoisotopic (exact) mass is 361 g/mol. The van der Waals surface area contributed by atoms with Gasteiger partial charge >= 0.3 is 12.1 Å². The van der Waals surface area contributed by atoms with Gasteiger partial charge in [-0.05, 0) is 53.5 Å². The Morgan fingerprint density at radius 2 is 1.73 bits per heavy atom. The zero-order chi connectivity index (χ0) is 19.9. The molecule has 0 aromatic heterocycles. The van der Waals surface area contributed by atoms with Gasteiger partial charge in [0.2, 0.25) is 0 Å². The average molecular weight is 361 g/mol. The number of nitrogens with one attached hydrogen (secondary N) is 1. The summed E-state index contributed by atoms with van der Waals surface area (Å²) in [5.41, 5.74) is 1.48. The maximum atomic E-state index is 12.3. The number of esters is 1. The van der Waals surface area contributed by atoms with Crippen molar-refractivity contribution in [3.05, 3.63) is 48.0 Å². The summed E-state index contributed by atoms with van der Waals surface area (Å²) in [5, 5.41) is 2.50. The number of benzene rings is 1. The third-order valence-corrected chi connectivity index (χ3v) is 3.89. The molecule has 0 aliphatic heterocycles. The number of hydrogen-bond acceptors (Lipinski definition) is 4. The molecule has 26 heavy (non-hydrogen) atoms. The van der Waals surface area contributed by atoms with Crippen LogP contribution < -0.4 is 5.32 Å². The van der Waals surface area contributed by atoms with E-state index < -0.39 is 23.7 Å². The van der Waals surface area contributed by atoms with Gasteiger partial charge in [-0.1, -0.05) is 42.5 Å². The van der Waals surface area contributed by atoms with Gasteiger partial charge in [-0.2, -0.15) is 0 Å². The highest BCUT2D eigenvalue weighted by molar-refractivity contribution is 5.81. The van der Waals surface area contributed by atoms with Gasteiger partial charge in [-0.15, -0.1) is 0 Å². The fourth-order valence-electron chi connectivity index (χ4n) is 2.52. The summed E-state index contributed by atoms with van der Waals surface area (Å²) in [7, 11) is 0. The van der Waals surface area contributed by atoms with Crippen LogP contribution in [-0.2, 0) is 20.7 Å². The van der Waals surface area contributed by atoms with Crippen molar-refractivity contribution in [1.82, 2.24) is 5.32 Å². The zero-order valence-corrected chi connectivity index (χ0v) is 16.7. The molecular formula is C21H31NO4. The van der Waals surface area contributed by atoms with E-state index in [1.807, 2.05) is 44.2 Å². The molecule has 144 valence electrons. The molecule has 1 aromatic rings. The van der Waals surface area contributed by atoms with Crippen LogP contribution in [0.5, 0.6) is 0 Å². The summed E-state index contributed by atoms with van der Waals surface area (Å²) in [4.78, 5) is 24.1. The second-order valence-corrected chi connectivity index (χ2v) is 7.65. The fourth-order valence-corrected chi connectivity index (χ4v) is 2.52. The van der Waals surface area contributed by atoms with Gasteiger partial charge in [0.05, 0.1) is 0 Å². The van der Waals surface area contributed by atoms with Gasteiger partial charge in [0.1, 0.15) is 17.7 Å². The van der Waals surface area contributed by atoms with Crippen molar-refractivity contribution in [3.8, 4) is 0 Å². The van der Waals surface area contributed by atoms with Crippen LogP contribution in [-0.4, -0.2) is 29.8 Å². The van der Waals surface area contributed by atoms with Crippen LogP contribution in [0.3, 0.4) is 0 Å². The molecule has 0 fully saturated rings. The van der Waals surface area contributed by atoms with Gasteiger partial charge < -0.3 is 14.8 Å². The van der Waals surface area contributed by atoms with Crippen molar-refractivity contribution in [3.63, 3.8) is 0 Å². The molecule has 3 atom stereocenters. The molecule has 1 rings (SSSR count). The molecule has 0 unspecified atom stereocenters. The molecule has 5 heteroatoms. The molecular weight excluding hydrogens is 330 g/mol. The average Bonchev–Trinajstić information content (AvgIpc) is 2.51. The highest BCUT2D eigenvalue weighted by atomic mass is 16.6. The quantitative estimate of drug-likeness (QED) is 0.582. The third kappa shape index (κ3) is 7.72. The first-order chi connectivity index (χ1) is 12.0. The SMILES string of the molecule is C=C(C)[C@@H](Cc1ccccc1)[C@H](C)OC(=O)[C@H](C)NC(=O)OC(C)(C)C. The molecule has 1 N–H and O–H groups in total. The second kappa shape index (κ2) is 9.41. The first kappa shape index (κ1) is 21.7. The molecule has 1 amide bonds. The van der Waals surface area contributed by atoms with Crippen LogP contribution in [0.15, 0.2) is 42.5 Å². The molecule has 0 aliphatic carbocycles. The van der Waals surface area contributed by atoms with Gasteiger partial charge in [-0.3, -0.25) is 0 Å². The summed E-state index contributed by atoms with van der Waals surface area (Å²) in [5.74, 6) is -0.502. The Hall–Kier alpha value is -2.30. The van der Waals surface area contributed by atoms with E-state index in [0.29, 0.717) is 0 Å². The van der Waals surface area contributed by atoms with E-state index in [9.17, 15) is 9.59 Å². The lowest BCUT2D eigenvalue weighted by molar-refractivity contribution is -0.152. The predicted molar refractivity (Wildman–Crippen MR) is 103 cm³/mol. The predicted octanol–water partition coefficient (Wildman–Crippen LogP) is 4.27. The molecule has 1 aromatic carbocycles. The van der Waals surface area contributed by atoms with E-state index in [4.69, 9.17) is 9.47 Å². The molecule has 0 heterocycles. The largest absolute Gasteiger partial charge is 0.461 e. The molecule has 5 nitrogen and oxygen atoms in total. The minimum atomic E-state index is -0.796. The minimum absolute atomic E-state index is 0.00456. The molecule has 0 radical (unpaired) electrons. The van der Waals surface area contributed by atoms with Gasteiger partial charge in [0.15, 0.2) is 0 Å². The van der Waals surface area contributed by atoms with Crippen molar-refractivity contribution in [2.75, 3.05) is 0 Å². The summed E-state index contributed by atoms with van der Waals surface area (Å²) < 4.78 is 10.7. The standard InChI is InChI=1S/C21H31NO4/c1-14(2)18(13-17-11-9-8-10-12-17)16(4)25-19(23)15(3)22-20(24)26-21(5,6)7/h8-12,15-16,18H,1,13H2,2-7H3,(H,22,24)/t15-,16-,18+/m0/s1. The Balaban J connectivity index is 2.64. The zero-order valence-electron chi connectivity index (χ0n) is 16.7. The third-order valence-electron chi connectivity index (χ3n) is 3.89. The van der Waals surface area contributed by atoms with Crippen LogP contribution in [0.2, 0.25) is 0 Å². The van der Waals surface area contributed by atoms with Crippen LogP contribution in [0.4, 0.5) is 4.79 Å². The normalized spacial score (nSPS) is 14.7. The van der Waals surface area contributed by atoms with Crippen molar-refractivity contribution in [2.24, 2.45) is 5.92 Å². The van der Waals surface area contributed by atoms with E-state index in [1.54, 1.807) is 27.7 Å². The van der Waals surface area contributed by atoms with Crippen LogP contribution >= 0.6 is 0 Å². The molecule has 0 saturated carbocycles. The number of alkyl carbamates (subject to hydrolysis) is 1. The maximum absolute atomic E-state index is 12.3. The van der Waals surface area contributed by atoms with Crippen molar-refractivity contribution in [1.29, 1.82) is 0 Å². The van der Waals surface area contributed by atoms with E-state index in [0.717, 1.165) is 17.6 Å². The Kier molecular flexibility index (Phi) is 7.87. The number of carbonyl (C=O) groups excluding carboxylic acids is 2. The van der Waals surface area contributed by atoms with Crippen molar-refractivity contribution in [2.45, 2.75) is 65.7 Å². The van der Waals surface area contributed by atoms with Crippen LogP contribution in [0, 0.1) is 5.92 Å². The Morgan fingerprint density at radius 3 is 2.23 bits per heavy atom. The summed E-state index contributed by atoms with van der Waals surface area (Å²) >= 11 is 0. The Bertz CT molecular complexity index is 619. The first-order valence-corrected chi connectivity index (χ1v) is 8.89. The topological polar surface area (TPSA) is 64.6 Å². The number of carbonyl (C=O) groups is 2. The number of hydrogen-bond donors (Lipinski definition) is 1. The highest BCUT2D eigenvalue weighted by Crippen LogP contribution is 2.22. The van der Waals surface area contributed by atoms with E-state index >= 15 is 0 Å². The molecule has 0 saturated heterocycles. The first-order valence-electron chi connectivity index (χ1n) is 8.89. The van der Waals surface area contributed by atoms with Gasteiger partial charge in [0, 0.05) is 5.92 Å². The maximum Gasteiger partial charge on any atom is 0.408 e. The molecule has 0 aliphatic rings. The van der Waals surface area contributed by atoms with Gasteiger partial charge in [-0.25, -0.2) is 9.59 Å². The van der Waals surface area contributed by atoms with Crippen molar-refractivity contribution < 1.29 is 19.1 Å². The molecule has 0 spiro atoms. The summed E-state index contributed by atoms with van der Waals surface area (Å²) in [6.45, 7) is 14.7. The number of amides is 1. The number of ether oxygens (including phenoxy) is 2. The highest BCUT2D eigenvalue weighted by Gasteiger charge is 2.26. The fraction of sp³-hybridized carbons (Fsp3) is 0.524. The van der Waals surface area contributed by atoms with Crippen molar-refractivity contribution >= 4 is 12.1 Å². The van der Waals surface area contributed by atoms with E-state index in [2.05, 4.69) is 11.9 Å². The minimum Gasteiger partial charge on any atom is -0.461 e. The Morgan fingerprint density at radius 1 is 1.15 bits per heavy atom. The lowest BCUT2D eigenvalue weighted by atomic mass is 9.89. The van der Waals surface area contributed by atoms with Gasteiger partial charge in [0.25, 0.3) is 0 Å². The lowest BCUT2D eigenvalue weighted by Crippen LogP contribution is -2.43. The van der Waals surface area contributed by atoms with E-state index in [1.165, 1.54) is 0 Å². The smallest absolute Gasteiger partial charge is 0.408 e. The van der Waals surface area contributed by atoms with E-state index in [-0.39, 0.29) is 12.0 Å². The lowest BCUT2D eigenvalue weighted by Gasteiger charge is -2.26.